The first-order valence-corrected chi connectivity index (χ1v) is 11.8. The number of nitrogens with zero attached hydrogens (tertiary/aromatic N) is 8. The van der Waals surface area contributed by atoms with Gasteiger partial charge in [-0.2, -0.15) is 0 Å². The fraction of sp³-hybridized carbons (Fsp3) is 0.269. The van der Waals surface area contributed by atoms with Crippen LogP contribution in [0, 0.1) is 0 Å². The summed E-state index contributed by atoms with van der Waals surface area (Å²) in [6.07, 6.45) is 6.95. The minimum atomic E-state index is -0.258. The van der Waals surface area contributed by atoms with E-state index in [0.29, 0.717) is 24.4 Å². The Labute approximate surface area is 207 Å². The molecule has 0 bridgehead atoms. The quantitative estimate of drug-likeness (QED) is 0.240. The van der Waals surface area contributed by atoms with E-state index in [4.69, 9.17) is 10.3 Å². The minimum Gasteiger partial charge on any atom is -0.487 e. The molecule has 4 heterocycles. The number of anilines is 1. The lowest BCUT2D eigenvalue weighted by atomic mass is 9.80. The molecule has 0 N–H and O–H groups in total. The van der Waals surface area contributed by atoms with Crippen molar-refractivity contribution in [2.45, 2.75) is 18.4 Å². The largest absolute Gasteiger partial charge is 0.487 e. The summed E-state index contributed by atoms with van der Waals surface area (Å²) in [5.41, 5.74) is 13.7. The van der Waals surface area contributed by atoms with E-state index in [1.165, 1.54) is 5.69 Å². The Morgan fingerprint density at radius 2 is 1.89 bits per heavy atom. The molecular formula is C26H24N8O2. The predicted octanol–water partition coefficient (Wildman–Crippen LogP) is 4.65. The van der Waals surface area contributed by atoms with E-state index in [-0.39, 0.29) is 18.2 Å². The smallest absolute Gasteiger partial charge is 0.253 e. The van der Waals surface area contributed by atoms with Crippen LogP contribution in [0.5, 0.6) is 5.75 Å². The fourth-order valence-corrected chi connectivity index (χ4v) is 5.52. The van der Waals surface area contributed by atoms with E-state index < -0.39 is 0 Å². The van der Waals surface area contributed by atoms with E-state index in [0.717, 1.165) is 35.2 Å². The molecule has 36 heavy (non-hydrogen) atoms. The fourth-order valence-electron chi connectivity index (χ4n) is 5.52. The third-order valence-electron chi connectivity index (χ3n) is 7.38. The van der Waals surface area contributed by atoms with Gasteiger partial charge < -0.3 is 19.1 Å². The molecule has 1 spiro atoms. The summed E-state index contributed by atoms with van der Waals surface area (Å²) in [6.45, 7) is 1.21. The normalized spacial score (nSPS) is 15.8. The van der Waals surface area contributed by atoms with E-state index in [9.17, 15) is 4.79 Å². The number of carbonyl (C=O) groups excluding carboxylic acids is 1. The third-order valence-corrected chi connectivity index (χ3v) is 7.38. The summed E-state index contributed by atoms with van der Waals surface area (Å²) >= 11 is 0. The van der Waals surface area contributed by atoms with Gasteiger partial charge in [0, 0.05) is 61.0 Å². The predicted molar refractivity (Wildman–Crippen MR) is 135 cm³/mol. The van der Waals surface area contributed by atoms with Gasteiger partial charge in [-0.3, -0.25) is 14.8 Å². The van der Waals surface area contributed by atoms with Gasteiger partial charge in [-0.05, 0) is 60.8 Å². The second-order valence-electron chi connectivity index (χ2n) is 9.06. The molecule has 0 unspecified atom stereocenters. The number of rotatable bonds is 4. The average Bonchev–Trinajstić information content (AvgIpc) is 3.43. The molecule has 2 aliphatic heterocycles. The van der Waals surface area contributed by atoms with Crippen molar-refractivity contribution >= 4 is 22.6 Å². The van der Waals surface area contributed by atoms with Crippen LogP contribution in [-0.4, -0.2) is 52.2 Å². The van der Waals surface area contributed by atoms with E-state index >= 15 is 0 Å². The molecule has 2 aromatic heterocycles. The van der Waals surface area contributed by atoms with Crippen LogP contribution in [-0.2, 0) is 5.54 Å². The van der Waals surface area contributed by atoms with Gasteiger partial charge >= 0.3 is 0 Å². The lowest BCUT2D eigenvalue weighted by molar-refractivity contribution is 0.0659. The van der Waals surface area contributed by atoms with Crippen molar-refractivity contribution < 1.29 is 9.53 Å². The third kappa shape index (κ3) is 3.42. The molecule has 1 fully saturated rings. The molecule has 0 radical (unpaired) electrons. The average molecular weight is 481 g/mol. The van der Waals surface area contributed by atoms with Crippen molar-refractivity contribution in [3.8, 4) is 11.4 Å². The highest BCUT2D eigenvalue weighted by Crippen LogP contribution is 2.48. The maximum absolute atomic E-state index is 13.4. The highest BCUT2D eigenvalue weighted by molar-refractivity contribution is 5.97. The van der Waals surface area contributed by atoms with Gasteiger partial charge in [0.2, 0.25) is 0 Å². The summed E-state index contributed by atoms with van der Waals surface area (Å²) in [4.78, 5) is 29.0. The number of aromatic nitrogens is 3. The van der Waals surface area contributed by atoms with Crippen molar-refractivity contribution in [3.05, 3.63) is 88.8 Å². The number of ether oxygens (including phenoxy) is 1. The maximum atomic E-state index is 13.4. The molecule has 1 amide bonds. The van der Waals surface area contributed by atoms with Gasteiger partial charge in [-0.15, -0.1) is 0 Å². The summed E-state index contributed by atoms with van der Waals surface area (Å²) in [7, 11) is 2.10. The lowest BCUT2D eigenvalue weighted by Gasteiger charge is -2.51. The molecule has 2 aromatic carbocycles. The second-order valence-corrected chi connectivity index (χ2v) is 9.06. The standard InChI is InChI=1S/C26H24N8O2/c1-32-23-16-19(36-17-30-31-27)5-7-22(23)34-12-2-3-24(34)26(32)8-13-33(14-9-26)25(35)18-4-6-20-21(15-18)29-11-10-28-20/h2-7,10-12,15-16H,8-9,13-14,17H2,1H3. The highest BCUT2D eigenvalue weighted by atomic mass is 16.5. The Bertz CT molecular complexity index is 1520. The van der Waals surface area contributed by atoms with Crippen LogP contribution < -0.4 is 9.64 Å². The van der Waals surface area contributed by atoms with Crippen LogP contribution in [0.4, 0.5) is 5.69 Å². The van der Waals surface area contributed by atoms with Gasteiger partial charge in [0.25, 0.3) is 5.91 Å². The van der Waals surface area contributed by atoms with E-state index in [2.05, 4.69) is 54.8 Å². The first-order chi connectivity index (χ1) is 17.6. The Balaban J connectivity index is 1.27. The number of azide groups is 1. The van der Waals surface area contributed by atoms with Crippen LogP contribution in [0.15, 0.2) is 72.2 Å². The summed E-state index contributed by atoms with van der Waals surface area (Å²) in [5.74, 6) is 0.658. The van der Waals surface area contributed by atoms with Gasteiger partial charge in [-0.25, -0.2) is 0 Å². The Morgan fingerprint density at radius 3 is 2.69 bits per heavy atom. The number of hydrogen-bond acceptors (Lipinski definition) is 6. The number of amides is 1. The molecule has 0 atom stereocenters. The van der Waals surface area contributed by atoms with Crippen LogP contribution in [0.2, 0.25) is 0 Å². The van der Waals surface area contributed by atoms with Crippen molar-refractivity contribution in [1.82, 2.24) is 19.4 Å². The number of fused-ring (bicyclic) bond motifs is 5. The van der Waals surface area contributed by atoms with Crippen molar-refractivity contribution in [2.75, 3.05) is 31.8 Å². The maximum Gasteiger partial charge on any atom is 0.253 e. The molecule has 1 saturated heterocycles. The van der Waals surface area contributed by atoms with Gasteiger partial charge in [0.15, 0.2) is 6.73 Å². The molecule has 10 nitrogen and oxygen atoms in total. The summed E-state index contributed by atoms with van der Waals surface area (Å²) < 4.78 is 7.84. The molecule has 6 rings (SSSR count). The topological polar surface area (TPSA) is 112 Å². The second kappa shape index (κ2) is 8.58. The van der Waals surface area contributed by atoms with Gasteiger partial charge in [0.1, 0.15) is 5.75 Å². The van der Waals surface area contributed by atoms with E-state index in [1.54, 1.807) is 12.4 Å². The number of piperidine rings is 1. The van der Waals surface area contributed by atoms with Crippen LogP contribution in [0.3, 0.4) is 0 Å². The molecule has 0 aliphatic carbocycles. The summed E-state index contributed by atoms with van der Waals surface area (Å²) in [6, 6.07) is 15.6. The zero-order valence-corrected chi connectivity index (χ0v) is 19.8. The Morgan fingerprint density at radius 1 is 1.08 bits per heavy atom. The molecule has 10 heteroatoms. The van der Waals surface area contributed by atoms with Crippen LogP contribution in [0.25, 0.3) is 27.2 Å². The molecule has 0 saturated carbocycles. The summed E-state index contributed by atoms with van der Waals surface area (Å²) in [5, 5.41) is 3.47. The number of likely N-dealkylation sites (tertiary alicyclic amines) is 1. The van der Waals surface area contributed by atoms with Gasteiger partial charge in [-0.1, -0.05) is 5.11 Å². The Kier molecular flexibility index (Phi) is 5.23. The molecule has 4 aromatic rings. The number of carbonyl (C=O) groups is 1. The minimum absolute atomic E-state index is 0.0142. The zero-order chi connectivity index (χ0) is 24.7. The van der Waals surface area contributed by atoms with Crippen molar-refractivity contribution in [1.29, 1.82) is 0 Å². The Hall–Kier alpha value is -4.56. The van der Waals surface area contributed by atoms with Crippen LogP contribution in [0.1, 0.15) is 28.9 Å². The highest BCUT2D eigenvalue weighted by Gasteiger charge is 2.46. The van der Waals surface area contributed by atoms with Crippen LogP contribution >= 0.6 is 0 Å². The van der Waals surface area contributed by atoms with Crippen molar-refractivity contribution in [2.24, 2.45) is 5.11 Å². The SMILES string of the molecule is CN1c2cc(OCN=[N+]=[N-])ccc2-n2cccc2C12CCN(C(=O)c1ccc3nccnc3c1)CC2. The number of benzene rings is 2. The van der Waals surface area contributed by atoms with Crippen molar-refractivity contribution in [3.63, 3.8) is 0 Å². The molecule has 180 valence electrons. The van der Waals surface area contributed by atoms with Gasteiger partial charge in [0.05, 0.1) is 27.9 Å². The zero-order valence-electron chi connectivity index (χ0n) is 19.8. The monoisotopic (exact) mass is 480 g/mol. The first-order valence-electron chi connectivity index (χ1n) is 11.8. The first kappa shape index (κ1) is 21.9. The molecular weight excluding hydrogens is 456 g/mol. The van der Waals surface area contributed by atoms with E-state index in [1.807, 2.05) is 41.3 Å². The molecule has 2 aliphatic rings. The lowest BCUT2D eigenvalue weighted by Crippen LogP contribution is -2.55. The number of hydrogen-bond donors (Lipinski definition) is 0.